The van der Waals surface area contributed by atoms with Gasteiger partial charge in [0.1, 0.15) is 10.7 Å². The van der Waals surface area contributed by atoms with Crippen LogP contribution in [0.1, 0.15) is 50.7 Å². The van der Waals surface area contributed by atoms with Crippen molar-refractivity contribution >= 4 is 26.0 Å². The normalized spacial score (nSPS) is 18.4. The lowest BCUT2D eigenvalue weighted by Crippen LogP contribution is -2.35. The molecule has 0 aromatic carbocycles. The van der Waals surface area contributed by atoms with Crippen molar-refractivity contribution in [3.05, 3.63) is 16.5 Å². The molecule has 0 saturated heterocycles. The molecule has 7 heteroatoms. The number of nitrogens with one attached hydrogen (secondary N) is 2. The van der Waals surface area contributed by atoms with Crippen molar-refractivity contribution in [2.45, 2.75) is 62.4 Å². The summed E-state index contributed by atoms with van der Waals surface area (Å²) in [5.41, 5.74) is 0. The molecule has 1 heterocycles. The van der Waals surface area contributed by atoms with E-state index in [4.69, 9.17) is 4.42 Å². The highest BCUT2D eigenvalue weighted by atomic mass is 79.9. The van der Waals surface area contributed by atoms with Crippen molar-refractivity contribution in [3.8, 4) is 0 Å². The van der Waals surface area contributed by atoms with E-state index in [2.05, 4.69) is 26.0 Å². The van der Waals surface area contributed by atoms with Crippen LogP contribution in [0.2, 0.25) is 0 Å². The lowest BCUT2D eigenvalue weighted by atomic mass is 9.97. The second-order valence-corrected chi connectivity index (χ2v) is 7.95. The van der Waals surface area contributed by atoms with Gasteiger partial charge in [0.15, 0.2) is 4.67 Å². The molecule has 1 aliphatic carbocycles. The van der Waals surface area contributed by atoms with Gasteiger partial charge in [-0.15, -0.1) is 0 Å². The maximum atomic E-state index is 12.5. The van der Waals surface area contributed by atoms with Crippen LogP contribution >= 0.6 is 15.9 Å². The summed E-state index contributed by atoms with van der Waals surface area (Å²) in [6, 6.07) is 1.61. The maximum Gasteiger partial charge on any atom is 0.245 e. The van der Waals surface area contributed by atoms with Gasteiger partial charge < -0.3 is 9.73 Å². The number of sulfonamides is 1. The van der Waals surface area contributed by atoms with Crippen molar-refractivity contribution in [1.82, 2.24) is 10.0 Å². The van der Waals surface area contributed by atoms with Gasteiger partial charge in [0.2, 0.25) is 10.0 Å². The van der Waals surface area contributed by atoms with Crippen LogP contribution in [-0.2, 0) is 16.6 Å². The van der Waals surface area contributed by atoms with Gasteiger partial charge in [-0.2, -0.15) is 0 Å². The molecule has 1 aromatic heterocycles. The third kappa shape index (κ3) is 4.81. The summed E-state index contributed by atoms with van der Waals surface area (Å²) in [5, 5.41) is 2.94. The predicted octanol–water partition coefficient (Wildman–Crippen LogP) is 3.15. The van der Waals surface area contributed by atoms with Gasteiger partial charge in [-0.25, -0.2) is 13.1 Å². The Morgan fingerprint density at radius 3 is 2.48 bits per heavy atom. The Morgan fingerprint density at radius 1 is 1.24 bits per heavy atom. The number of halogens is 1. The van der Waals surface area contributed by atoms with Crippen LogP contribution in [0, 0.1) is 0 Å². The molecule has 0 bridgehead atoms. The van der Waals surface area contributed by atoms with E-state index in [1.165, 1.54) is 19.3 Å². The van der Waals surface area contributed by atoms with Crippen LogP contribution in [0.5, 0.6) is 0 Å². The van der Waals surface area contributed by atoms with E-state index in [1.54, 1.807) is 13.1 Å². The first kappa shape index (κ1) is 17.0. The van der Waals surface area contributed by atoms with Crippen LogP contribution in [0.25, 0.3) is 0 Å². The van der Waals surface area contributed by atoms with Crippen LogP contribution in [0.4, 0.5) is 0 Å². The SMILES string of the molecule is CNCc1cc(S(=O)(=O)NC2CCCCCCC2)c(Br)o1. The van der Waals surface area contributed by atoms with E-state index in [0.717, 1.165) is 25.7 Å². The molecule has 0 spiro atoms. The summed E-state index contributed by atoms with van der Waals surface area (Å²) in [5.74, 6) is 0.599. The average molecular weight is 379 g/mol. The van der Waals surface area contributed by atoms with Crippen LogP contribution in [-0.4, -0.2) is 21.5 Å². The second kappa shape index (κ2) is 7.76. The van der Waals surface area contributed by atoms with E-state index < -0.39 is 10.0 Å². The Bertz CT molecular complexity index is 549. The minimum absolute atomic E-state index is 0.0323. The highest BCUT2D eigenvalue weighted by molar-refractivity contribution is 9.10. The van der Waals surface area contributed by atoms with Crippen LogP contribution in [0.15, 0.2) is 20.0 Å². The van der Waals surface area contributed by atoms with Crippen molar-refractivity contribution in [3.63, 3.8) is 0 Å². The molecule has 1 saturated carbocycles. The molecule has 0 unspecified atom stereocenters. The van der Waals surface area contributed by atoms with Gasteiger partial charge >= 0.3 is 0 Å². The summed E-state index contributed by atoms with van der Waals surface area (Å²) < 4.78 is 33.5. The molecule has 2 N–H and O–H groups in total. The summed E-state index contributed by atoms with van der Waals surface area (Å²) in [7, 11) is -1.75. The maximum absolute atomic E-state index is 12.5. The number of furan rings is 1. The number of rotatable bonds is 5. The van der Waals surface area contributed by atoms with Crippen LogP contribution < -0.4 is 10.0 Å². The van der Waals surface area contributed by atoms with Crippen molar-refractivity contribution in [2.24, 2.45) is 0 Å². The Morgan fingerprint density at radius 2 is 1.86 bits per heavy atom. The molecule has 0 radical (unpaired) electrons. The zero-order valence-corrected chi connectivity index (χ0v) is 14.7. The molecular formula is C14H23BrN2O3S. The molecule has 1 aromatic rings. The lowest BCUT2D eigenvalue weighted by Gasteiger charge is -2.20. The fourth-order valence-electron chi connectivity index (χ4n) is 2.70. The van der Waals surface area contributed by atoms with Gasteiger partial charge in [-0.3, -0.25) is 0 Å². The van der Waals surface area contributed by atoms with E-state index in [9.17, 15) is 8.42 Å². The molecule has 1 aliphatic rings. The van der Waals surface area contributed by atoms with Gasteiger partial charge in [-0.05, 0) is 35.8 Å². The van der Waals surface area contributed by atoms with E-state index in [1.807, 2.05) is 0 Å². The highest BCUT2D eigenvalue weighted by Crippen LogP contribution is 2.27. The first-order valence-electron chi connectivity index (χ1n) is 7.48. The predicted molar refractivity (Wildman–Crippen MR) is 85.6 cm³/mol. The smallest absolute Gasteiger partial charge is 0.245 e. The largest absolute Gasteiger partial charge is 0.452 e. The monoisotopic (exact) mass is 378 g/mol. The minimum atomic E-state index is -3.53. The Balaban J connectivity index is 2.09. The fourth-order valence-corrected chi connectivity index (χ4v) is 5.00. The van der Waals surface area contributed by atoms with Gasteiger partial charge in [0, 0.05) is 12.1 Å². The summed E-state index contributed by atoms with van der Waals surface area (Å²) >= 11 is 3.20. The second-order valence-electron chi connectivity index (χ2n) is 5.54. The lowest BCUT2D eigenvalue weighted by molar-refractivity contribution is 0.425. The topological polar surface area (TPSA) is 71.3 Å². The first-order valence-corrected chi connectivity index (χ1v) is 9.75. The van der Waals surface area contributed by atoms with Crippen molar-refractivity contribution in [1.29, 1.82) is 0 Å². The van der Waals surface area contributed by atoms with Gasteiger partial charge in [0.25, 0.3) is 0 Å². The van der Waals surface area contributed by atoms with Crippen molar-refractivity contribution < 1.29 is 12.8 Å². The molecule has 120 valence electrons. The molecule has 0 aliphatic heterocycles. The Hall–Kier alpha value is -0.370. The molecule has 5 nitrogen and oxygen atoms in total. The third-order valence-corrected chi connectivity index (χ3v) is 6.15. The third-order valence-electron chi connectivity index (χ3n) is 3.77. The zero-order chi connectivity index (χ0) is 15.3. The molecule has 1 fully saturated rings. The average Bonchev–Trinajstić information content (AvgIpc) is 2.75. The molecule has 0 amide bonds. The van der Waals surface area contributed by atoms with Gasteiger partial charge in [-0.1, -0.05) is 32.1 Å². The molecule has 2 rings (SSSR count). The number of hydrogen-bond donors (Lipinski definition) is 2. The molecule has 0 atom stereocenters. The van der Waals surface area contributed by atoms with Gasteiger partial charge in [0.05, 0.1) is 6.54 Å². The fraction of sp³-hybridized carbons (Fsp3) is 0.714. The van der Waals surface area contributed by atoms with Crippen molar-refractivity contribution in [2.75, 3.05) is 7.05 Å². The van der Waals surface area contributed by atoms with E-state index >= 15 is 0 Å². The van der Waals surface area contributed by atoms with Crippen LogP contribution in [0.3, 0.4) is 0 Å². The molecular weight excluding hydrogens is 356 g/mol. The standard InChI is InChI=1S/C14H23BrN2O3S/c1-16-10-12-9-13(14(15)20-12)21(18,19)17-11-7-5-3-2-4-6-8-11/h9,11,16-17H,2-8,10H2,1H3. The molecule has 21 heavy (non-hydrogen) atoms. The first-order chi connectivity index (χ1) is 10.0. The summed E-state index contributed by atoms with van der Waals surface area (Å²) in [4.78, 5) is 0.190. The summed E-state index contributed by atoms with van der Waals surface area (Å²) in [6.45, 7) is 0.498. The summed E-state index contributed by atoms with van der Waals surface area (Å²) in [6.07, 6.45) is 7.66. The van der Waals surface area contributed by atoms with E-state index in [-0.39, 0.29) is 15.6 Å². The Labute approximate surface area is 135 Å². The highest BCUT2D eigenvalue weighted by Gasteiger charge is 2.25. The van der Waals surface area contributed by atoms with E-state index in [0.29, 0.717) is 12.3 Å². The minimum Gasteiger partial charge on any atom is -0.452 e. The number of hydrogen-bond acceptors (Lipinski definition) is 4. The Kier molecular flexibility index (Phi) is 6.28. The zero-order valence-electron chi connectivity index (χ0n) is 12.3. The quantitative estimate of drug-likeness (QED) is 0.825.